The second-order valence-electron chi connectivity index (χ2n) is 6.95. The number of nitrogens with zero attached hydrogens (tertiary/aromatic N) is 4. The first-order valence-electron chi connectivity index (χ1n) is 8.68. The van der Waals surface area contributed by atoms with E-state index in [-0.39, 0.29) is 12.6 Å². The van der Waals surface area contributed by atoms with Crippen molar-refractivity contribution in [2.45, 2.75) is 51.4 Å². The number of ether oxygens (including phenoxy) is 2. The number of hydrogen-bond donors (Lipinski definition) is 5. The highest BCUT2D eigenvalue weighted by Gasteiger charge is 2.44. The Labute approximate surface area is 160 Å². The molecule has 2 aromatic heterocycles. The minimum absolute atomic E-state index is 0.119. The van der Waals surface area contributed by atoms with Crippen LogP contribution in [0.5, 0.6) is 0 Å². The number of aromatic nitrogens is 4. The molecule has 156 valence electrons. The van der Waals surface area contributed by atoms with Gasteiger partial charge >= 0.3 is 7.60 Å². The minimum Gasteiger partial charge on any atom is -0.387 e. The zero-order valence-corrected chi connectivity index (χ0v) is 16.5. The van der Waals surface area contributed by atoms with Crippen molar-refractivity contribution in [1.29, 1.82) is 0 Å². The molecule has 5 N–H and O–H groups in total. The van der Waals surface area contributed by atoms with Gasteiger partial charge in [0.15, 0.2) is 23.2 Å². The molecule has 0 radical (unpaired) electrons. The summed E-state index contributed by atoms with van der Waals surface area (Å²) in [5.41, 5.74) is 0.912. The molecule has 28 heavy (non-hydrogen) atoms. The normalized spacial score (nSPS) is 25.7. The van der Waals surface area contributed by atoms with Gasteiger partial charge in [-0.05, 0) is 20.8 Å². The highest BCUT2D eigenvalue weighted by molar-refractivity contribution is 7.51. The van der Waals surface area contributed by atoms with E-state index in [9.17, 15) is 14.8 Å². The molecule has 0 unspecified atom stereocenters. The van der Waals surface area contributed by atoms with Crippen molar-refractivity contribution >= 4 is 24.6 Å². The van der Waals surface area contributed by atoms with Crippen LogP contribution in [0.25, 0.3) is 11.2 Å². The van der Waals surface area contributed by atoms with Crippen LogP contribution in [0.4, 0.5) is 5.82 Å². The van der Waals surface area contributed by atoms with Gasteiger partial charge in [-0.25, -0.2) is 15.0 Å². The van der Waals surface area contributed by atoms with Crippen LogP contribution in [0.2, 0.25) is 0 Å². The Bertz CT molecular complexity index is 885. The predicted molar refractivity (Wildman–Crippen MR) is 97.6 cm³/mol. The molecule has 3 rings (SSSR count). The summed E-state index contributed by atoms with van der Waals surface area (Å²) in [6.45, 7) is 5.35. The highest BCUT2D eigenvalue weighted by atomic mass is 31.2. The van der Waals surface area contributed by atoms with Crippen LogP contribution in [0.15, 0.2) is 6.33 Å². The molecular weight excluding hydrogens is 393 g/mol. The molecule has 1 fully saturated rings. The molecule has 0 saturated carbocycles. The summed E-state index contributed by atoms with van der Waals surface area (Å²) < 4.78 is 23.0. The number of imidazole rings is 1. The fraction of sp³-hybridized carbons (Fsp3) is 0.667. The van der Waals surface area contributed by atoms with Gasteiger partial charge in [0.1, 0.15) is 30.5 Å². The minimum atomic E-state index is -4.34. The third-order valence-corrected chi connectivity index (χ3v) is 4.63. The van der Waals surface area contributed by atoms with Crippen molar-refractivity contribution in [1.82, 2.24) is 19.5 Å². The van der Waals surface area contributed by atoms with Crippen LogP contribution >= 0.6 is 7.60 Å². The monoisotopic (exact) mass is 417 g/mol. The van der Waals surface area contributed by atoms with E-state index in [0.29, 0.717) is 22.8 Å². The molecule has 2 aromatic rings. The molecule has 0 spiro atoms. The first kappa shape index (κ1) is 21.1. The summed E-state index contributed by atoms with van der Waals surface area (Å²) in [5.74, 6) is 1.04. The first-order chi connectivity index (χ1) is 13.1. The van der Waals surface area contributed by atoms with Gasteiger partial charge in [0.25, 0.3) is 0 Å². The summed E-state index contributed by atoms with van der Waals surface area (Å²) in [5, 5.41) is 23.8. The summed E-state index contributed by atoms with van der Waals surface area (Å²) in [7, 11) is -4.34. The molecule has 3 heterocycles. The molecule has 1 saturated heterocycles. The quantitative estimate of drug-likeness (QED) is 0.375. The zero-order valence-electron chi connectivity index (χ0n) is 15.6. The third-order valence-electron chi connectivity index (χ3n) is 4.11. The molecule has 13 heteroatoms. The van der Waals surface area contributed by atoms with Gasteiger partial charge in [0.2, 0.25) is 0 Å². The summed E-state index contributed by atoms with van der Waals surface area (Å²) in [6.07, 6.45) is -3.95. The van der Waals surface area contributed by atoms with Crippen LogP contribution in [-0.4, -0.2) is 76.8 Å². The summed E-state index contributed by atoms with van der Waals surface area (Å²) >= 11 is 0. The highest BCUT2D eigenvalue weighted by Crippen LogP contribution is 2.36. The van der Waals surface area contributed by atoms with Gasteiger partial charge in [-0.15, -0.1) is 0 Å². The van der Waals surface area contributed by atoms with Crippen LogP contribution in [0.1, 0.15) is 25.9 Å². The number of fused-ring (bicyclic) bond motifs is 1. The van der Waals surface area contributed by atoms with Gasteiger partial charge in [0.05, 0.1) is 12.9 Å². The first-order valence-corrected chi connectivity index (χ1v) is 10.5. The van der Waals surface area contributed by atoms with Gasteiger partial charge in [-0.2, -0.15) is 0 Å². The lowest BCUT2D eigenvalue weighted by Gasteiger charge is -2.17. The largest absolute Gasteiger partial charge is 0.387 e. The molecule has 4 atom stereocenters. The number of aryl methyl sites for hydroxylation is 1. The van der Waals surface area contributed by atoms with Crippen molar-refractivity contribution < 1.29 is 34.0 Å². The SMILES string of the molecule is Cc1nc(NC(C)C)c2ncn([C@@H]3O[C@H](COCP(=O)(O)O)[C@@H](O)[C@H]3O)c2n1. The van der Waals surface area contributed by atoms with Gasteiger partial charge in [0, 0.05) is 6.04 Å². The molecule has 1 aliphatic rings. The Morgan fingerprint density at radius 3 is 2.68 bits per heavy atom. The molecule has 0 aliphatic carbocycles. The summed E-state index contributed by atoms with van der Waals surface area (Å²) in [6, 6.07) is 0.119. The van der Waals surface area contributed by atoms with E-state index >= 15 is 0 Å². The van der Waals surface area contributed by atoms with Crippen molar-refractivity contribution in [3.63, 3.8) is 0 Å². The van der Waals surface area contributed by atoms with Gasteiger partial charge in [-0.3, -0.25) is 9.13 Å². The predicted octanol–water partition coefficient (Wildman–Crippen LogP) is -0.274. The standard InChI is InChI=1S/C15H24N5O7P/c1-7(2)17-13-10-14(19-8(3)18-13)20(5-16-10)15-12(22)11(21)9(27-15)4-26-6-28(23,24)25/h5,7,9,11-12,15,21-22H,4,6H2,1-3H3,(H,17,18,19)(H2,23,24,25)/t9-,11-,12-,15-/m1/s1. The van der Waals surface area contributed by atoms with Crippen molar-refractivity contribution in [2.24, 2.45) is 0 Å². The molecule has 12 nitrogen and oxygen atoms in total. The zero-order chi connectivity index (χ0) is 20.6. The average Bonchev–Trinajstić information content (AvgIpc) is 3.09. The Hall–Kier alpha value is -1.66. The van der Waals surface area contributed by atoms with Gasteiger partial charge in [-0.1, -0.05) is 0 Å². The smallest absolute Gasteiger partial charge is 0.350 e. The van der Waals surface area contributed by atoms with E-state index in [4.69, 9.17) is 19.3 Å². The fourth-order valence-corrected chi connectivity index (χ4v) is 3.31. The van der Waals surface area contributed by atoms with E-state index in [1.165, 1.54) is 10.9 Å². The molecule has 1 aliphatic heterocycles. The number of hydrogen-bond acceptors (Lipinski definition) is 9. The summed E-state index contributed by atoms with van der Waals surface area (Å²) in [4.78, 5) is 30.7. The number of rotatable bonds is 7. The third kappa shape index (κ3) is 4.49. The molecule has 0 amide bonds. The lowest BCUT2D eigenvalue weighted by Crippen LogP contribution is -2.33. The topological polar surface area (TPSA) is 172 Å². The number of aliphatic hydroxyl groups is 2. The van der Waals surface area contributed by atoms with Crippen LogP contribution in [0.3, 0.4) is 0 Å². The second kappa shape index (κ2) is 7.99. The van der Waals surface area contributed by atoms with E-state index in [0.717, 1.165) is 0 Å². The number of anilines is 1. The Morgan fingerprint density at radius 1 is 1.32 bits per heavy atom. The van der Waals surface area contributed by atoms with E-state index in [2.05, 4.69) is 20.3 Å². The van der Waals surface area contributed by atoms with Crippen LogP contribution in [0, 0.1) is 6.92 Å². The maximum absolute atomic E-state index is 10.9. The van der Waals surface area contributed by atoms with Gasteiger partial charge < -0.3 is 34.8 Å². The molecule has 0 aromatic carbocycles. The van der Waals surface area contributed by atoms with E-state index in [1.54, 1.807) is 6.92 Å². The van der Waals surface area contributed by atoms with E-state index in [1.807, 2.05) is 13.8 Å². The number of aliphatic hydroxyl groups excluding tert-OH is 2. The number of nitrogens with one attached hydrogen (secondary N) is 1. The van der Waals surface area contributed by atoms with Crippen LogP contribution < -0.4 is 5.32 Å². The van der Waals surface area contributed by atoms with Crippen LogP contribution in [-0.2, 0) is 14.0 Å². The Kier molecular flexibility index (Phi) is 6.01. The maximum Gasteiger partial charge on any atom is 0.350 e. The van der Waals surface area contributed by atoms with Crippen molar-refractivity contribution in [3.05, 3.63) is 12.2 Å². The lowest BCUT2D eigenvalue weighted by atomic mass is 10.1. The lowest BCUT2D eigenvalue weighted by molar-refractivity contribution is -0.0612. The Balaban J connectivity index is 1.84. The molecular formula is C15H24N5O7P. The van der Waals surface area contributed by atoms with E-state index < -0.39 is 38.5 Å². The second-order valence-corrected chi connectivity index (χ2v) is 8.54. The van der Waals surface area contributed by atoms with Crippen molar-refractivity contribution in [2.75, 3.05) is 18.3 Å². The maximum atomic E-state index is 10.9. The van der Waals surface area contributed by atoms with Crippen molar-refractivity contribution in [3.8, 4) is 0 Å². The fourth-order valence-electron chi connectivity index (χ4n) is 2.97. The Morgan fingerprint density at radius 2 is 2.04 bits per heavy atom. The average molecular weight is 417 g/mol. The molecule has 0 bridgehead atoms.